The van der Waals surface area contributed by atoms with Crippen LogP contribution >= 0.6 is 0 Å². The molecule has 20 heavy (non-hydrogen) atoms. The molecular weight excluding hydrogens is 260 g/mol. The highest BCUT2D eigenvalue weighted by atomic mass is 16.6. The summed E-state index contributed by atoms with van der Waals surface area (Å²) >= 11 is 0. The highest BCUT2D eigenvalue weighted by Gasteiger charge is 2.36. The topological polar surface area (TPSA) is 59.1 Å². The Bertz CT molecular complexity index is 323. The number of carbonyl (C=O) groups is 2. The summed E-state index contributed by atoms with van der Waals surface area (Å²) in [4.78, 5) is 27.3. The normalized spacial score (nSPS) is 23.2. The number of ether oxygens (including phenoxy) is 2. The van der Waals surface area contributed by atoms with Gasteiger partial charge in [0.2, 0.25) is 0 Å². The summed E-state index contributed by atoms with van der Waals surface area (Å²) in [6, 6.07) is -0.172. The van der Waals surface area contributed by atoms with Crippen molar-refractivity contribution >= 4 is 12.2 Å². The van der Waals surface area contributed by atoms with Crippen molar-refractivity contribution in [1.82, 2.24) is 9.80 Å². The van der Waals surface area contributed by atoms with E-state index in [-0.39, 0.29) is 36.5 Å². The lowest BCUT2D eigenvalue weighted by molar-refractivity contribution is 0.00589. The predicted octanol–water partition coefficient (Wildman–Crippen LogP) is 2.47. The molecule has 0 spiro atoms. The van der Waals surface area contributed by atoms with Crippen LogP contribution < -0.4 is 0 Å². The summed E-state index contributed by atoms with van der Waals surface area (Å²) in [6.07, 6.45) is -0.935. The van der Waals surface area contributed by atoms with Crippen molar-refractivity contribution < 1.29 is 19.1 Å². The molecule has 1 aliphatic heterocycles. The number of carbonyl (C=O) groups excluding carboxylic acids is 2. The van der Waals surface area contributed by atoms with Gasteiger partial charge in [-0.25, -0.2) is 9.59 Å². The first kappa shape index (κ1) is 16.6. The molecule has 2 amide bonds. The molecule has 2 atom stereocenters. The van der Waals surface area contributed by atoms with Gasteiger partial charge >= 0.3 is 12.2 Å². The lowest BCUT2D eigenvalue weighted by Crippen LogP contribution is -2.60. The summed E-state index contributed by atoms with van der Waals surface area (Å²) in [5.41, 5.74) is 0. The molecule has 0 bridgehead atoms. The lowest BCUT2D eigenvalue weighted by atomic mass is 10.1. The van der Waals surface area contributed by atoms with Crippen LogP contribution in [0.25, 0.3) is 0 Å². The molecule has 0 unspecified atom stereocenters. The Balaban J connectivity index is 2.66. The Morgan fingerprint density at radius 2 is 1.15 bits per heavy atom. The van der Waals surface area contributed by atoms with Gasteiger partial charge in [-0.2, -0.15) is 0 Å². The SMILES string of the molecule is CC(C)OC(=O)N1C[C@@H](C)N(C(=O)OC(C)C)C[C@H]1C. The molecule has 1 aliphatic rings. The molecule has 1 fully saturated rings. The standard InChI is InChI=1S/C14H26N2O4/c1-9(2)19-13(17)15-7-12(6)16(8-11(15)5)14(18)20-10(3)4/h9-12H,7-8H2,1-6H3/t11-,12-/m1/s1. The van der Waals surface area contributed by atoms with Crippen molar-refractivity contribution in [2.24, 2.45) is 0 Å². The van der Waals surface area contributed by atoms with E-state index in [0.717, 1.165) is 0 Å². The number of hydrogen-bond acceptors (Lipinski definition) is 4. The molecule has 0 radical (unpaired) electrons. The van der Waals surface area contributed by atoms with E-state index in [2.05, 4.69) is 0 Å². The number of amides is 2. The van der Waals surface area contributed by atoms with Crippen molar-refractivity contribution in [2.75, 3.05) is 13.1 Å². The minimum atomic E-state index is -0.323. The second kappa shape index (κ2) is 6.81. The first-order valence-electron chi connectivity index (χ1n) is 7.16. The van der Waals surface area contributed by atoms with Crippen LogP contribution in [0.3, 0.4) is 0 Å². The lowest BCUT2D eigenvalue weighted by Gasteiger charge is -2.43. The maximum atomic E-state index is 12.0. The second-order valence-electron chi connectivity index (χ2n) is 5.87. The van der Waals surface area contributed by atoms with Crippen molar-refractivity contribution in [2.45, 2.75) is 65.8 Å². The fraction of sp³-hybridized carbons (Fsp3) is 0.857. The summed E-state index contributed by atoms with van der Waals surface area (Å²) < 4.78 is 10.4. The summed E-state index contributed by atoms with van der Waals surface area (Å²) in [6.45, 7) is 12.0. The van der Waals surface area contributed by atoms with Crippen molar-refractivity contribution in [1.29, 1.82) is 0 Å². The zero-order valence-corrected chi connectivity index (χ0v) is 13.3. The maximum absolute atomic E-state index is 12.0. The second-order valence-corrected chi connectivity index (χ2v) is 5.87. The zero-order valence-electron chi connectivity index (χ0n) is 13.3. The van der Waals surface area contributed by atoms with Gasteiger partial charge in [-0.15, -0.1) is 0 Å². The quantitative estimate of drug-likeness (QED) is 0.782. The molecule has 0 aromatic heterocycles. The third-order valence-corrected chi connectivity index (χ3v) is 3.13. The van der Waals surface area contributed by atoms with Gasteiger partial charge < -0.3 is 19.3 Å². The van der Waals surface area contributed by atoms with E-state index in [1.165, 1.54) is 0 Å². The molecule has 0 aliphatic carbocycles. The Morgan fingerprint density at radius 3 is 1.40 bits per heavy atom. The molecule has 0 aromatic rings. The Morgan fingerprint density at radius 1 is 0.850 bits per heavy atom. The summed E-state index contributed by atoms with van der Waals surface area (Å²) in [7, 11) is 0. The largest absolute Gasteiger partial charge is 0.447 e. The van der Waals surface area contributed by atoms with Crippen LogP contribution in [0, 0.1) is 0 Å². The molecule has 1 saturated heterocycles. The molecular formula is C14H26N2O4. The molecule has 6 heteroatoms. The van der Waals surface area contributed by atoms with Crippen molar-refractivity contribution in [3.05, 3.63) is 0 Å². The Kier molecular flexibility index (Phi) is 5.65. The minimum Gasteiger partial charge on any atom is -0.447 e. The molecule has 116 valence electrons. The highest BCUT2D eigenvalue weighted by Crippen LogP contribution is 2.18. The number of hydrogen-bond donors (Lipinski definition) is 0. The van der Waals surface area contributed by atoms with Gasteiger partial charge in [0.1, 0.15) is 0 Å². The van der Waals surface area contributed by atoms with E-state index in [4.69, 9.17) is 9.47 Å². The highest BCUT2D eigenvalue weighted by molar-refractivity contribution is 5.71. The van der Waals surface area contributed by atoms with E-state index in [9.17, 15) is 9.59 Å². The molecule has 1 rings (SSSR count). The van der Waals surface area contributed by atoms with Crippen LogP contribution in [0.5, 0.6) is 0 Å². The first-order valence-corrected chi connectivity index (χ1v) is 7.16. The van der Waals surface area contributed by atoms with Crippen LogP contribution in [0.15, 0.2) is 0 Å². The fourth-order valence-corrected chi connectivity index (χ4v) is 2.17. The Hall–Kier alpha value is -1.46. The van der Waals surface area contributed by atoms with Crippen LogP contribution in [0.1, 0.15) is 41.5 Å². The number of rotatable bonds is 2. The van der Waals surface area contributed by atoms with E-state index in [1.807, 2.05) is 41.5 Å². The molecule has 1 heterocycles. The van der Waals surface area contributed by atoms with Crippen molar-refractivity contribution in [3.8, 4) is 0 Å². The number of piperazine rings is 1. The van der Waals surface area contributed by atoms with E-state index in [1.54, 1.807) is 9.80 Å². The average molecular weight is 286 g/mol. The monoisotopic (exact) mass is 286 g/mol. The third-order valence-electron chi connectivity index (χ3n) is 3.13. The van der Waals surface area contributed by atoms with Gasteiger partial charge in [0.15, 0.2) is 0 Å². The van der Waals surface area contributed by atoms with Crippen molar-refractivity contribution in [3.63, 3.8) is 0 Å². The number of nitrogens with zero attached hydrogens (tertiary/aromatic N) is 2. The average Bonchev–Trinajstić information content (AvgIpc) is 2.29. The molecule has 0 saturated carbocycles. The van der Waals surface area contributed by atoms with E-state index < -0.39 is 0 Å². The van der Waals surface area contributed by atoms with Gasteiger partial charge in [-0.05, 0) is 41.5 Å². The smallest absolute Gasteiger partial charge is 0.410 e. The first-order chi connectivity index (χ1) is 9.22. The fourth-order valence-electron chi connectivity index (χ4n) is 2.17. The zero-order chi connectivity index (χ0) is 15.4. The predicted molar refractivity (Wildman–Crippen MR) is 75.6 cm³/mol. The van der Waals surface area contributed by atoms with Crippen LogP contribution in [-0.4, -0.2) is 59.4 Å². The van der Waals surface area contributed by atoms with Gasteiger partial charge in [0.05, 0.1) is 24.3 Å². The van der Waals surface area contributed by atoms with Crippen LogP contribution in [0.4, 0.5) is 9.59 Å². The summed E-state index contributed by atoms with van der Waals surface area (Å²) in [5, 5.41) is 0. The third kappa shape index (κ3) is 4.28. The molecule has 6 nitrogen and oxygen atoms in total. The Labute approximate surface area is 121 Å². The van der Waals surface area contributed by atoms with E-state index >= 15 is 0 Å². The maximum Gasteiger partial charge on any atom is 0.410 e. The van der Waals surface area contributed by atoms with Crippen LogP contribution in [0.2, 0.25) is 0 Å². The van der Waals surface area contributed by atoms with Gasteiger partial charge in [0.25, 0.3) is 0 Å². The molecule has 0 aromatic carbocycles. The van der Waals surface area contributed by atoms with Gasteiger partial charge in [-0.3, -0.25) is 0 Å². The van der Waals surface area contributed by atoms with Crippen LogP contribution in [-0.2, 0) is 9.47 Å². The summed E-state index contributed by atoms with van der Waals surface area (Å²) in [5.74, 6) is 0. The molecule has 0 N–H and O–H groups in total. The minimum absolute atomic E-state index is 0.0860. The van der Waals surface area contributed by atoms with E-state index in [0.29, 0.717) is 13.1 Å². The van der Waals surface area contributed by atoms with Gasteiger partial charge in [0, 0.05) is 13.1 Å². The van der Waals surface area contributed by atoms with Gasteiger partial charge in [-0.1, -0.05) is 0 Å².